The van der Waals surface area contributed by atoms with Crippen LogP contribution in [0.5, 0.6) is 0 Å². The van der Waals surface area contributed by atoms with Gasteiger partial charge in [-0.25, -0.2) is 0 Å². The molecule has 2 nitrogen and oxygen atoms in total. The van der Waals surface area contributed by atoms with Crippen LogP contribution in [0, 0.1) is 0 Å². The molecule has 0 saturated carbocycles. The fourth-order valence-corrected chi connectivity index (χ4v) is 9.37. The Kier molecular flexibility index (Phi) is 6.20. The van der Waals surface area contributed by atoms with Gasteiger partial charge >= 0.3 is 0 Å². The molecule has 0 fully saturated rings. The van der Waals surface area contributed by atoms with Gasteiger partial charge in [0.1, 0.15) is 22.3 Å². The van der Waals surface area contributed by atoms with Crippen LogP contribution in [0.4, 0.5) is 0 Å². The monoisotopic (exact) mass is 688 g/mol. The Morgan fingerprint density at radius 3 is 1.76 bits per heavy atom. The van der Waals surface area contributed by atoms with Crippen molar-refractivity contribution in [2.75, 3.05) is 0 Å². The van der Waals surface area contributed by atoms with Gasteiger partial charge in [-0.15, -0.1) is 0 Å². The van der Waals surface area contributed by atoms with Gasteiger partial charge in [-0.2, -0.15) is 0 Å². The van der Waals surface area contributed by atoms with Crippen molar-refractivity contribution in [2.24, 2.45) is 0 Å². The third-order valence-electron chi connectivity index (χ3n) is 11.7. The fraction of sp³-hybridized carbons (Fsp3) is 0.0385. The van der Waals surface area contributed by atoms with Gasteiger partial charge in [-0.05, 0) is 114 Å². The van der Waals surface area contributed by atoms with Crippen LogP contribution in [-0.2, 0) is 0 Å². The van der Waals surface area contributed by atoms with Gasteiger partial charge in [0.05, 0.1) is 0 Å². The highest BCUT2D eigenvalue weighted by Gasteiger charge is 2.21. The molecule has 1 aliphatic carbocycles. The van der Waals surface area contributed by atoms with Gasteiger partial charge in [-0.1, -0.05) is 140 Å². The number of hydrogen-bond acceptors (Lipinski definition) is 2. The second-order valence-corrected chi connectivity index (χ2v) is 14.6. The zero-order valence-electron chi connectivity index (χ0n) is 29.4. The van der Waals surface area contributed by atoms with Gasteiger partial charge in [0.2, 0.25) is 0 Å². The van der Waals surface area contributed by atoms with Crippen LogP contribution < -0.4 is 0 Å². The molecule has 0 unspecified atom stereocenters. The standard InChI is InChI=1S/C52H32O2/c1-2-12-31(13-3-1)34-26-27-41(36-15-5-4-14-35(34)36)50-39-18-8-6-16-37(39)48(38-17-7-9-19-40(38)50)33-24-28-46-44(30-33)42-25-22-32-23-29-47-51(49(32)52(42)54-46)43-20-10-11-21-45(43)53-47/h1-2,4-12,14-30H,3,13H2. The maximum absolute atomic E-state index is 6.78. The number of fused-ring (bicyclic) bond motifs is 12. The first kappa shape index (κ1) is 29.7. The molecule has 2 heterocycles. The summed E-state index contributed by atoms with van der Waals surface area (Å²) in [7, 11) is 0. The van der Waals surface area contributed by atoms with Gasteiger partial charge in [-0.3, -0.25) is 0 Å². The molecule has 0 atom stereocenters. The summed E-state index contributed by atoms with van der Waals surface area (Å²) in [5, 5.41) is 14.2. The van der Waals surface area contributed by atoms with Gasteiger partial charge in [0, 0.05) is 26.9 Å². The highest BCUT2D eigenvalue weighted by Crippen LogP contribution is 2.48. The molecule has 9 aromatic carbocycles. The highest BCUT2D eigenvalue weighted by atomic mass is 16.3. The molecule has 2 aromatic heterocycles. The van der Waals surface area contributed by atoms with E-state index in [1.807, 2.05) is 12.1 Å². The molecular formula is C52H32O2. The minimum absolute atomic E-state index is 0.876. The highest BCUT2D eigenvalue weighted by molar-refractivity contribution is 6.29. The van der Waals surface area contributed by atoms with Crippen LogP contribution in [0.3, 0.4) is 0 Å². The average Bonchev–Trinajstić information content (AvgIpc) is 3.81. The third kappa shape index (κ3) is 4.17. The zero-order valence-corrected chi connectivity index (χ0v) is 29.4. The predicted molar refractivity (Wildman–Crippen MR) is 228 cm³/mol. The molecule has 252 valence electrons. The van der Waals surface area contributed by atoms with Crippen LogP contribution in [0.1, 0.15) is 18.4 Å². The van der Waals surface area contributed by atoms with Gasteiger partial charge in [0.25, 0.3) is 0 Å². The first-order valence-corrected chi connectivity index (χ1v) is 18.8. The van der Waals surface area contributed by atoms with Crippen LogP contribution in [-0.4, -0.2) is 0 Å². The van der Waals surface area contributed by atoms with E-state index in [0.29, 0.717) is 0 Å². The molecule has 2 heteroatoms. The Hall–Kier alpha value is -6.90. The van der Waals surface area contributed by atoms with Crippen molar-refractivity contribution in [3.05, 3.63) is 175 Å². The van der Waals surface area contributed by atoms with E-state index in [1.54, 1.807) is 0 Å². The lowest BCUT2D eigenvalue weighted by Gasteiger charge is -2.20. The minimum atomic E-state index is 0.876. The fourth-order valence-electron chi connectivity index (χ4n) is 9.37. The SMILES string of the molecule is C1=CCCC(c2ccc(-c3c4ccccc4c(-c4ccc5oc6c(ccc7ccc8oc9ccccc9c8c76)c5c4)c4ccccc34)c3ccccc23)=C1. The van der Waals surface area contributed by atoms with Crippen molar-refractivity contribution in [3.63, 3.8) is 0 Å². The molecule has 54 heavy (non-hydrogen) atoms. The first-order chi connectivity index (χ1) is 26.8. The summed E-state index contributed by atoms with van der Waals surface area (Å²) >= 11 is 0. The lowest BCUT2D eigenvalue weighted by Crippen LogP contribution is -1.94. The van der Waals surface area contributed by atoms with E-state index in [2.05, 4.69) is 158 Å². The summed E-state index contributed by atoms with van der Waals surface area (Å²) in [6.07, 6.45) is 8.90. The van der Waals surface area contributed by atoms with Crippen molar-refractivity contribution >= 4 is 92.5 Å². The van der Waals surface area contributed by atoms with E-state index in [4.69, 9.17) is 8.83 Å². The molecule has 0 bridgehead atoms. The lowest BCUT2D eigenvalue weighted by atomic mass is 9.83. The topological polar surface area (TPSA) is 26.3 Å². The number of hydrogen-bond donors (Lipinski definition) is 0. The Balaban J connectivity index is 1.12. The van der Waals surface area contributed by atoms with Gasteiger partial charge < -0.3 is 8.83 Å². The maximum atomic E-state index is 6.78. The lowest BCUT2D eigenvalue weighted by molar-refractivity contribution is 0.668. The molecule has 0 saturated heterocycles. The number of allylic oxidation sites excluding steroid dienone is 4. The normalized spacial score (nSPS) is 13.4. The molecule has 0 aliphatic heterocycles. The van der Waals surface area contributed by atoms with Crippen LogP contribution in [0.15, 0.2) is 179 Å². The second-order valence-electron chi connectivity index (χ2n) is 14.6. The smallest absolute Gasteiger partial charge is 0.144 e. The Morgan fingerprint density at radius 2 is 1.02 bits per heavy atom. The molecule has 0 N–H and O–H groups in total. The van der Waals surface area contributed by atoms with E-state index in [1.165, 1.54) is 65.7 Å². The van der Waals surface area contributed by atoms with Crippen molar-refractivity contribution in [3.8, 4) is 22.3 Å². The van der Waals surface area contributed by atoms with Crippen LogP contribution >= 0.6 is 0 Å². The van der Waals surface area contributed by atoms with Crippen LogP contribution in [0.2, 0.25) is 0 Å². The molecular weight excluding hydrogens is 657 g/mol. The van der Waals surface area contributed by atoms with Crippen molar-refractivity contribution in [2.45, 2.75) is 12.8 Å². The maximum Gasteiger partial charge on any atom is 0.144 e. The zero-order chi connectivity index (χ0) is 35.3. The Morgan fingerprint density at radius 1 is 0.407 bits per heavy atom. The molecule has 0 spiro atoms. The van der Waals surface area contributed by atoms with E-state index in [0.717, 1.165) is 67.5 Å². The van der Waals surface area contributed by atoms with Crippen molar-refractivity contribution in [1.29, 1.82) is 0 Å². The molecule has 11 aromatic rings. The van der Waals surface area contributed by atoms with Crippen molar-refractivity contribution in [1.82, 2.24) is 0 Å². The molecule has 12 rings (SSSR count). The number of furan rings is 2. The van der Waals surface area contributed by atoms with Crippen molar-refractivity contribution < 1.29 is 8.83 Å². The van der Waals surface area contributed by atoms with Gasteiger partial charge in [0.15, 0.2) is 0 Å². The van der Waals surface area contributed by atoms with Crippen LogP contribution in [0.25, 0.3) is 115 Å². The van der Waals surface area contributed by atoms with E-state index in [-0.39, 0.29) is 0 Å². The predicted octanol–water partition coefficient (Wildman–Crippen LogP) is 15.2. The number of para-hydroxylation sites is 1. The first-order valence-electron chi connectivity index (χ1n) is 18.8. The van der Waals surface area contributed by atoms with E-state index >= 15 is 0 Å². The second kappa shape index (κ2) is 11.3. The summed E-state index contributed by atoms with van der Waals surface area (Å²) in [6, 6.07) is 55.2. The summed E-state index contributed by atoms with van der Waals surface area (Å²) in [5.41, 5.74) is 11.2. The third-order valence-corrected chi connectivity index (χ3v) is 11.7. The number of benzene rings is 9. The van der Waals surface area contributed by atoms with E-state index < -0.39 is 0 Å². The Labute approximate surface area is 310 Å². The summed E-state index contributed by atoms with van der Waals surface area (Å²) in [6.45, 7) is 0. The van der Waals surface area contributed by atoms with E-state index in [9.17, 15) is 0 Å². The average molecular weight is 689 g/mol. The molecule has 0 radical (unpaired) electrons. The largest absolute Gasteiger partial charge is 0.456 e. The summed E-state index contributed by atoms with van der Waals surface area (Å²) in [5.74, 6) is 0. The minimum Gasteiger partial charge on any atom is -0.456 e. The number of rotatable bonds is 3. The quantitative estimate of drug-likeness (QED) is 0.173. The summed E-state index contributed by atoms with van der Waals surface area (Å²) in [4.78, 5) is 0. The summed E-state index contributed by atoms with van der Waals surface area (Å²) < 4.78 is 13.1. The Bertz CT molecular complexity index is 3380. The molecule has 1 aliphatic rings. The molecule has 0 amide bonds.